The van der Waals surface area contributed by atoms with Crippen molar-refractivity contribution in [2.75, 3.05) is 19.6 Å². The highest BCUT2D eigenvalue weighted by molar-refractivity contribution is 5.87. The molecule has 1 unspecified atom stereocenters. The van der Waals surface area contributed by atoms with Crippen LogP contribution in [0.4, 0.5) is 0 Å². The summed E-state index contributed by atoms with van der Waals surface area (Å²) in [6, 6.07) is 0.354. The van der Waals surface area contributed by atoms with Gasteiger partial charge in [0.05, 0.1) is 5.54 Å². The summed E-state index contributed by atoms with van der Waals surface area (Å²) in [7, 11) is 0. The summed E-state index contributed by atoms with van der Waals surface area (Å²) in [5.41, 5.74) is -0.0403. The molecular formula is C17H33N3O. The zero-order chi connectivity index (χ0) is 15.5. The van der Waals surface area contributed by atoms with Gasteiger partial charge in [0.2, 0.25) is 5.91 Å². The Morgan fingerprint density at radius 3 is 2.48 bits per heavy atom. The van der Waals surface area contributed by atoms with Crippen LogP contribution in [0.25, 0.3) is 0 Å². The molecule has 2 saturated heterocycles. The van der Waals surface area contributed by atoms with Crippen LogP contribution in [0.5, 0.6) is 0 Å². The van der Waals surface area contributed by atoms with Crippen LogP contribution in [0.3, 0.4) is 0 Å². The van der Waals surface area contributed by atoms with Crippen LogP contribution in [0.1, 0.15) is 66.2 Å². The average molecular weight is 295 g/mol. The Bertz CT molecular complexity index is 348. The van der Waals surface area contributed by atoms with E-state index in [-0.39, 0.29) is 17.0 Å². The van der Waals surface area contributed by atoms with E-state index in [2.05, 4.69) is 43.2 Å². The molecule has 0 aliphatic carbocycles. The first kappa shape index (κ1) is 16.8. The number of nitrogens with one attached hydrogen (secondary N) is 2. The average Bonchev–Trinajstić information content (AvgIpc) is 2.89. The van der Waals surface area contributed by atoms with Crippen LogP contribution in [-0.4, -0.2) is 47.6 Å². The van der Waals surface area contributed by atoms with Gasteiger partial charge in [-0.2, -0.15) is 0 Å². The Morgan fingerprint density at radius 2 is 2.00 bits per heavy atom. The second-order valence-electron chi connectivity index (χ2n) is 7.77. The summed E-state index contributed by atoms with van der Waals surface area (Å²) in [5.74, 6) is 0.246. The highest BCUT2D eigenvalue weighted by Crippen LogP contribution is 2.26. The van der Waals surface area contributed by atoms with Gasteiger partial charge >= 0.3 is 0 Å². The molecule has 2 aliphatic rings. The van der Waals surface area contributed by atoms with Gasteiger partial charge in [-0.1, -0.05) is 13.3 Å². The molecule has 0 bridgehead atoms. The molecular weight excluding hydrogens is 262 g/mol. The maximum absolute atomic E-state index is 12.7. The first-order valence-corrected chi connectivity index (χ1v) is 8.68. The van der Waals surface area contributed by atoms with E-state index in [9.17, 15) is 4.79 Å². The van der Waals surface area contributed by atoms with E-state index < -0.39 is 0 Å². The zero-order valence-electron chi connectivity index (χ0n) is 14.3. The number of carbonyl (C=O) groups is 1. The van der Waals surface area contributed by atoms with Crippen LogP contribution in [0, 0.1) is 0 Å². The first-order valence-electron chi connectivity index (χ1n) is 8.68. The summed E-state index contributed by atoms with van der Waals surface area (Å²) < 4.78 is 0. The van der Waals surface area contributed by atoms with Gasteiger partial charge in [-0.25, -0.2) is 0 Å². The largest absolute Gasteiger partial charge is 0.352 e. The van der Waals surface area contributed by atoms with Gasteiger partial charge in [0.25, 0.3) is 0 Å². The van der Waals surface area contributed by atoms with Crippen LogP contribution in [-0.2, 0) is 4.79 Å². The second-order valence-corrected chi connectivity index (χ2v) is 7.77. The maximum Gasteiger partial charge on any atom is 0.240 e. The Balaban J connectivity index is 1.86. The molecule has 0 aromatic carbocycles. The van der Waals surface area contributed by atoms with Crippen molar-refractivity contribution >= 4 is 5.91 Å². The van der Waals surface area contributed by atoms with Crippen LogP contribution in [0.2, 0.25) is 0 Å². The number of piperidine rings is 1. The van der Waals surface area contributed by atoms with E-state index in [0.717, 1.165) is 58.2 Å². The molecule has 4 heteroatoms. The number of likely N-dealkylation sites (tertiary alicyclic amines) is 1. The van der Waals surface area contributed by atoms with E-state index in [1.165, 1.54) is 0 Å². The minimum absolute atomic E-state index is 0.241. The predicted octanol–water partition coefficient (Wildman–Crippen LogP) is 2.29. The number of amides is 1. The standard InChI is InChI=1S/C17H33N3O/c1-5-9-17(10-6-11-18-17)15(21)19-14-7-12-20(13-8-14)16(2,3)4/h14,18H,5-13H2,1-4H3,(H,19,21). The Hall–Kier alpha value is -0.610. The summed E-state index contributed by atoms with van der Waals surface area (Å²) >= 11 is 0. The quantitative estimate of drug-likeness (QED) is 0.836. The van der Waals surface area contributed by atoms with Crippen molar-refractivity contribution in [1.82, 2.24) is 15.5 Å². The molecule has 0 radical (unpaired) electrons. The monoisotopic (exact) mass is 295 g/mol. The van der Waals surface area contributed by atoms with E-state index in [0.29, 0.717) is 6.04 Å². The lowest BCUT2D eigenvalue weighted by Crippen LogP contribution is -2.58. The molecule has 21 heavy (non-hydrogen) atoms. The van der Waals surface area contributed by atoms with Gasteiger partial charge in [0, 0.05) is 24.7 Å². The number of hydrogen-bond donors (Lipinski definition) is 2. The summed E-state index contributed by atoms with van der Waals surface area (Å²) in [4.78, 5) is 15.2. The molecule has 0 aromatic heterocycles. The highest BCUT2D eigenvalue weighted by atomic mass is 16.2. The molecule has 4 nitrogen and oxygen atoms in total. The lowest BCUT2D eigenvalue weighted by atomic mass is 9.89. The molecule has 122 valence electrons. The molecule has 0 saturated carbocycles. The molecule has 2 aliphatic heterocycles. The fourth-order valence-electron chi connectivity index (χ4n) is 3.77. The van der Waals surface area contributed by atoms with E-state index >= 15 is 0 Å². The third-order valence-corrected chi connectivity index (χ3v) is 5.13. The van der Waals surface area contributed by atoms with Crippen molar-refractivity contribution in [3.63, 3.8) is 0 Å². The molecule has 1 amide bonds. The van der Waals surface area contributed by atoms with Crippen molar-refractivity contribution in [1.29, 1.82) is 0 Å². The molecule has 2 fully saturated rings. The molecule has 0 spiro atoms. The van der Waals surface area contributed by atoms with Crippen molar-refractivity contribution in [3.05, 3.63) is 0 Å². The van der Waals surface area contributed by atoms with E-state index in [1.807, 2.05) is 0 Å². The minimum Gasteiger partial charge on any atom is -0.352 e. The smallest absolute Gasteiger partial charge is 0.240 e. The molecule has 2 rings (SSSR count). The normalized spacial score (nSPS) is 28.8. The molecule has 2 heterocycles. The number of nitrogens with zero attached hydrogens (tertiary/aromatic N) is 1. The maximum atomic E-state index is 12.7. The number of hydrogen-bond acceptors (Lipinski definition) is 3. The molecule has 0 aromatic rings. The van der Waals surface area contributed by atoms with Gasteiger partial charge in [-0.15, -0.1) is 0 Å². The fraction of sp³-hybridized carbons (Fsp3) is 0.941. The third kappa shape index (κ3) is 3.98. The van der Waals surface area contributed by atoms with Gasteiger partial charge in [0.15, 0.2) is 0 Å². The van der Waals surface area contributed by atoms with Gasteiger partial charge < -0.3 is 10.6 Å². The van der Waals surface area contributed by atoms with Gasteiger partial charge in [0.1, 0.15) is 0 Å². The second kappa shape index (κ2) is 6.66. The SMILES string of the molecule is CCCC1(C(=O)NC2CCN(C(C)(C)C)CC2)CCCN1. The Labute approximate surface area is 130 Å². The Morgan fingerprint density at radius 1 is 1.33 bits per heavy atom. The highest BCUT2D eigenvalue weighted by Gasteiger charge is 2.41. The first-order chi connectivity index (χ1) is 9.87. The van der Waals surface area contributed by atoms with Crippen LogP contribution >= 0.6 is 0 Å². The lowest BCUT2D eigenvalue weighted by Gasteiger charge is -2.41. The van der Waals surface area contributed by atoms with Crippen LogP contribution in [0.15, 0.2) is 0 Å². The summed E-state index contributed by atoms with van der Waals surface area (Å²) in [6.45, 7) is 12.1. The topological polar surface area (TPSA) is 44.4 Å². The molecule has 2 N–H and O–H groups in total. The summed E-state index contributed by atoms with van der Waals surface area (Å²) in [6.07, 6.45) is 6.28. The van der Waals surface area contributed by atoms with Crippen molar-refractivity contribution in [3.8, 4) is 0 Å². The molecule has 1 atom stereocenters. The van der Waals surface area contributed by atoms with Crippen molar-refractivity contribution in [2.24, 2.45) is 0 Å². The summed E-state index contributed by atoms with van der Waals surface area (Å²) in [5, 5.41) is 6.80. The predicted molar refractivity (Wildman–Crippen MR) is 87.4 cm³/mol. The Kier molecular flexibility index (Phi) is 5.31. The van der Waals surface area contributed by atoms with Crippen molar-refractivity contribution in [2.45, 2.75) is 83.3 Å². The van der Waals surface area contributed by atoms with Gasteiger partial charge in [-0.05, 0) is 59.4 Å². The third-order valence-electron chi connectivity index (χ3n) is 5.13. The van der Waals surface area contributed by atoms with Crippen LogP contribution < -0.4 is 10.6 Å². The number of rotatable bonds is 4. The lowest BCUT2D eigenvalue weighted by molar-refractivity contribution is -0.128. The van der Waals surface area contributed by atoms with E-state index in [4.69, 9.17) is 0 Å². The number of carbonyl (C=O) groups excluding carboxylic acids is 1. The van der Waals surface area contributed by atoms with Gasteiger partial charge in [-0.3, -0.25) is 9.69 Å². The van der Waals surface area contributed by atoms with Crippen molar-refractivity contribution < 1.29 is 4.79 Å². The fourth-order valence-corrected chi connectivity index (χ4v) is 3.77. The van der Waals surface area contributed by atoms with E-state index in [1.54, 1.807) is 0 Å². The minimum atomic E-state index is -0.282. The zero-order valence-corrected chi connectivity index (χ0v) is 14.3.